The summed E-state index contributed by atoms with van der Waals surface area (Å²) in [6.07, 6.45) is 6.11. The fourth-order valence-electron chi connectivity index (χ4n) is 3.10. The van der Waals surface area contributed by atoms with E-state index in [9.17, 15) is 0 Å². The standard InChI is InChI=1S/C16H25NO/c1-12-6-7-14(18-3)13(10-12)11-15(17)16(2)8-4-5-9-16/h6-7,10,15H,4-5,8-9,11,17H2,1-3H3. The maximum atomic E-state index is 6.46. The van der Waals surface area contributed by atoms with Crippen LogP contribution in [0.2, 0.25) is 0 Å². The van der Waals surface area contributed by atoms with E-state index in [0.717, 1.165) is 12.2 Å². The van der Waals surface area contributed by atoms with E-state index >= 15 is 0 Å². The lowest BCUT2D eigenvalue weighted by Gasteiger charge is -2.31. The summed E-state index contributed by atoms with van der Waals surface area (Å²) in [5.41, 5.74) is 9.30. The number of aryl methyl sites for hydroxylation is 1. The van der Waals surface area contributed by atoms with Crippen molar-refractivity contribution in [3.05, 3.63) is 29.3 Å². The molecule has 100 valence electrons. The second-order valence-electron chi connectivity index (χ2n) is 5.99. The Morgan fingerprint density at radius 1 is 1.33 bits per heavy atom. The van der Waals surface area contributed by atoms with Crippen molar-refractivity contribution in [2.75, 3.05) is 7.11 Å². The quantitative estimate of drug-likeness (QED) is 0.884. The molecule has 0 saturated heterocycles. The van der Waals surface area contributed by atoms with Gasteiger partial charge in [0.25, 0.3) is 0 Å². The highest BCUT2D eigenvalue weighted by molar-refractivity contribution is 5.37. The van der Waals surface area contributed by atoms with Gasteiger partial charge in [0.15, 0.2) is 0 Å². The molecular weight excluding hydrogens is 222 g/mol. The van der Waals surface area contributed by atoms with Crippen LogP contribution in [0, 0.1) is 12.3 Å². The highest BCUT2D eigenvalue weighted by Crippen LogP contribution is 2.41. The zero-order valence-corrected chi connectivity index (χ0v) is 11.8. The van der Waals surface area contributed by atoms with Gasteiger partial charge in [-0.25, -0.2) is 0 Å². The Morgan fingerprint density at radius 2 is 2.00 bits per heavy atom. The van der Waals surface area contributed by atoms with Crippen LogP contribution in [-0.4, -0.2) is 13.2 Å². The molecule has 1 aliphatic carbocycles. The first-order chi connectivity index (χ1) is 8.55. The Morgan fingerprint density at radius 3 is 2.61 bits per heavy atom. The SMILES string of the molecule is COc1ccc(C)cc1CC(N)C1(C)CCCC1. The van der Waals surface area contributed by atoms with E-state index in [1.807, 2.05) is 6.07 Å². The van der Waals surface area contributed by atoms with Gasteiger partial charge in [0.2, 0.25) is 0 Å². The number of benzene rings is 1. The lowest BCUT2D eigenvalue weighted by Crippen LogP contribution is -2.39. The molecule has 2 heteroatoms. The Kier molecular flexibility index (Phi) is 3.96. The van der Waals surface area contributed by atoms with Crippen molar-refractivity contribution < 1.29 is 4.74 Å². The van der Waals surface area contributed by atoms with Gasteiger partial charge in [-0.1, -0.05) is 37.5 Å². The van der Waals surface area contributed by atoms with Crippen molar-refractivity contribution in [3.8, 4) is 5.75 Å². The normalized spacial score (nSPS) is 19.8. The Labute approximate surface area is 111 Å². The van der Waals surface area contributed by atoms with E-state index in [4.69, 9.17) is 10.5 Å². The van der Waals surface area contributed by atoms with Crippen molar-refractivity contribution in [2.24, 2.45) is 11.1 Å². The minimum atomic E-state index is 0.232. The summed E-state index contributed by atoms with van der Waals surface area (Å²) in [6, 6.07) is 6.58. The monoisotopic (exact) mass is 247 g/mol. The summed E-state index contributed by atoms with van der Waals surface area (Å²) >= 11 is 0. The smallest absolute Gasteiger partial charge is 0.122 e. The second-order valence-corrected chi connectivity index (χ2v) is 5.99. The van der Waals surface area contributed by atoms with Gasteiger partial charge in [-0.05, 0) is 43.2 Å². The lowest BCUT2D eigenvalue weighted by atomic mass is 9.78. The van der Waals surface area contributed by atoms with Crippen LogP contribution < -0.4 is 10.5 Å². The van der Waals surface area contributed by atoms with Crippen molar-refractivity contribution in [1.82, 2.24) is 0 Å². The molecule has 1 fully saturated rings. The zero-order chi connectivity index (χ0) is 13.2. The summed E-state index contributed by atoms with van der Waals surface area (Å²) < 4.78 is 5.44. The van der Waals surface area contributed by atoms with Crippen LogP contribution in [0.15, 0.2) is 18.2 Å². The Hall–Kier alpha value is -1.02. The first kappa shape index (κ1) is 13.4. The number of methoxy groups -OCH3 is 1. The molecule has 2 N–H and O–H groups in total. The summed E-state index contributed by atoms with van der Waals surface area (Å²) in [7, 11) is 1.73. The van der Waals surface area contributed by atoms with Gasteiger partial charge in [-0.3, -0.25) is 0 Å². The molecule has 2 nitrogen and oxygen atoms in total. The Balaban J connectivity index is 2.15. The number of hydrogen-bond acceptors (Lipinski definition) is 2. The molecule has 0 aromatic heterocycles. The van der Waals surface area contributed by atoms with Crippen LogP contribution >= 0.6 is 0 Å². The first-order valence-electron chi connectivity index (χ1n) is 6.94. The topological polar surface area (TPSA) is 35.2 Å². The van der Waals surface area contributed by atoms with E-state index in [1.54, 1.807) is 7.11 Å². The summed E-state index contributed by atoms with van der Waals surface area (Å²) in [5, 5.41) is 0. The van der Waals surface area contributed by atoms with Crippen LogP contribution in [-0.2, 0) is 6.42 Å². The van der Waals surface area contributed by atoms with E-state index in [2.05, 4.69) is 26.0 Å². The van der Waals surface area contributed by atoms with E-state index in [0.29, 0.717) is 5.41 Å². The molecule has 1 aromatic carbocycles. The molecule has 1 aromatic rings. The summed E-state index contributed by atoms with van der Waals surface area (Å²) in [4.78, 5) is 0. The van der Waals surface area contributed by atoms with Gasteiger partial charge in [-0.2, -0.15) is 0 Å². The molecule has 0 spiro atoms. The fraction of sp³-hybridized carbons (Fsp3) is 0.625. The molecule has 1 aliphatic rings. The molecule has 0 amide bonds. The molecule has 18 heavy (non-hydrogen) atoms. The number of nitrogens with two attached hydrogens (primary N) is 1. The van der Waals surface area contributed by atoms with Gasteiger partial charge >= 0.3 is 0 Å². The predicted octanol–water partition coefficient (Wildman–Crippen LogP) is 3.45. The molecule has 0 heterocycles. The third-order valence-electron chi connectivity index (χ3n) is 4.52. The predicted molar refractivity (Wildman–Crippen MR) is 76.0 cm³/mol. The van der Waals surface area contributed by atoms with Gasteiger partial charge < -0.3 is 10.5 Å². The maximum Gasteiger partial charge on any atom is 0.122 e. The lowest BCUT2D eigenvalue weighted by molar-refractivity contribution is 0.258. The van der Waals surface area contributed by atoms with Gasteiger partial charge in [0, 0.05) is 6.04 Å². The van der Waals surface area contributed by atoms with Crippen LogP contribution in [0.4, 0.5) is 0 Å². The molecule has 0 radical (unpaired) electrons. The fourth-order valence-corrected chi connectivity index (χ4v) is 3.10. The van der Waals surface area contributed by atoms with Crippen molar-refractivity contribution in [2.45, 2.75) is 52.0 Å². The minimum Gasteiger partial charge on any atom is -0.496 e. The van der Waals surface area contributed by atoms with Crippen molar-refractivity contribution >= 4 is 0 Å². The third kappa shape index (κ3) is 2.69. The third-order valence-corrected chi connectivity index (χ3v) is 4.52. The average Bonchev–Trinajstić information content (AvgIpc) is 2.78. The average molecular weight is 247 g/mol. The molecule has 0 bridgehead atoms. The van der Waals surface area contributed by atoms with Gasteiger partial charge in [0.1, 0.15) is 5.75 Å². The van der Waals surface area contributed by atoms with Crippen molar-refractivity contribution in [3.63, 3.8) is 0 Å². The zero-order valence-electron chi connectivity index (χ0n) is 11.8. The van der Waals surface area contributed by atoms with Crippen LogP contribution in [0.5, 0.6) is 5.75 Å². The van der Waals surface area contributed by atoms with Gasteiger partial charge in [0.05, 0.1) is 7.11 Å². The van der Waals surface area contributed by atoms with Crippen molar-refractivity contribution in [1.29, 1.82) is 0 Å². The van der Waals surface area contributed by atoms with E-state index < -0.39 is 0 Å². The van der Waals surface area contributed by atoms with Crippen LogP contribution in [0.25, 0.3) is 0 Å². The van der Waals surface area contributed by atoms with E-state index in [-0.39, 0.29) is 6.04 Å². The first-order valence-corrected chi connectivity index (χ1v) is 6.94. The molecule has 1 atom stereocenters. The number of ether oxygens (including phenoxy) is 1. The largest absolute Gasteiger partial charge is 0.496 e. The summed E-state index contributed by atoms with van der Waals surface area (Å²) in [6.45, 7) is 4.46. The molecule has 2 rings (SSSR count). The van der Waals surface area contributed by atoms with E-state index in [1.165, 1.54) is 36.8 Å². The molecular formula is C16H25NO. The molecule has 0 aliphatic heterocycles. The highest BCUT2D eigenvalue weighted by atomic mass is 16.5. The number of rotatable bonds is 4. The minimum absolute atomic E-state index is 0.232. The highest BCUT2D eigenvalue weighted by Gasteiger charge is 2.35. The molecule has 1 saturated carbocycles. The van der Waals surface area contributed by atoms with Gasteiger partial charge in [-0.15, -0.1) is 0 Å². The van der Waals surface area contributed by atoms with Crippen LogP contribution in [0.1, 0.15) is 43.7 Å². The second kappa shape index (κ2) is 5.31. The Bertz CT molecular complexity index is 408. The van der Waals surface area contributed by atoms with Crippen LogP contribution in [0.3, 0.4) is 0 Å². The maximum absolute atomic E-state index is 6.46. The number of hydrogen-bond donors (Lipinski definition) is 1. The summed E-state index contributed by atoms with van der Waals surface area (Å²) in [5.74, 6) is 0.970. The molecule has 1 unspecified atom stereocenters.